The van der Waals surface area contributed by atoms with Crippen molar-refractivity contribution in [3.05, 3.63) is 220 Å². The van der Waals surface area contributed by atoms with Crippen molar-refractivity contribution in [2.75, 3.05) is 18.5 Å². The van der Waals surface area contributed by atoms with Crippen molar-refractivity contribution in [1.29, 1.82) is 0 Å². The summed E-state index contributed by atoms with van der Waals surface area (Å²) < 4.78 is 0. The molecule has 1 amide bonds. The Balaban J connectivity index is 0.945. The molecular weight excluding hydrogens is 1040 g/mol. The minimum atomic E-state index is -1.04. The lowest BCUT2D eigenvalue weighted by Crippen LogP contribution is -2.32. The second-order valence-electron chi connectivity index (χ2n) is 26.1. The summed E-state index contributed by atoms with van der Waals surface area (Å²) in [5.41, 5.74) is 23.4. The Hall–Kier alpha value is -8.54. The number of likely N-dealkylation sites (N-methyl/N-ethyl adjacent to an activating group) is 1. The highest BCUT2D eigenvalue weighted by atomic mass is 16.4. The molecule has 11 aromatic carbocycles. The number of rotatable bonds is 17. The molecule has 0 saturated carbocycles. The number of carboxylic acid groups (broad SMARTS) is 1. The van der Waals surface area contributed by atoms with Gasteiger partial charge in [0.25, 0.3) is 5.91 Å². The number of aliphatic carboxylic acids is 1. The Morgan fingerprint density at radius 3 is 1.46 bits per heavy atom. The van der Waals surface area contributed by atoms with Crippen LogP contribution in [0.2, 0.25) is 0 Å². The zero-order chi connectivity index (χ0) is 58.7. The maximum Gasteiger partial charge on any atom is 0.323 e. The molecule has 11 aromatic rings. The van der Waals surface area contributed by atoms with Crippen LogP contribution in [-0.4, -0.2) is 35.5 Å². The fraction of sp³-hybridized carbons (Fsp3) is 0.275. The van der Waals surface area contributed by atoms with Crippen molar-refractivity contribution < 1.29 is 14.7 Å². The Kier molecular flexibility index (Phi) is 13.2. The first kappa shape index (κ1) is 54.4. The molecule has 3 aliphatic rings. The second kappa shape index (κ2) is 20.6. The number of hydrogen-bond donors (Lipinski definition) is 1. The lowest BCUT2D eigenvalue weighted by Gasteiger charge is -2.35. The fourth-order valence-corrected chi connectivity index (χ4v) is 16.2. The average molecular weight is 1110 g/mol. The number of aryl methyl sites for hydroxylation is 1. The van der Waals surface area contributed by atoms with E-state index in [2.05, 4.69) is 223 Å². The summed E-state index contributed by atoms with van der Waals surface area (Å²) in [5, 5.41) is 18.5. The summed E-state index contributed by atoms with van der Waals surface area (Å²) in [7, 11) is 1.57. The van der Waals surface area contributed by atoms with E-state index in [0.29, 0.717) is 5.56 Å². The van der Waals surface area contributed by atoms with Crippen molar-refractivity contribution in [1.82, 2.24) is 4.90 Å². The lowest BCUT2D eigenvalue weighted by molar-refractivity contribution is -0.137. The van der Waals surface area contributed by atoms with Crippen LogP contribution in [0.1, 0.15) is 155 Å². The van der Waals surface area contributed by atoms with Gasteiger partial charge in [-0.3, -0.25) is 9.59 Å². The number of carboxylic acids is 1. The second-order valence-corrected chi connectivity index (χ2v) is 26.1. The number of fused-ring (bicyclic) bond motifs is 11. The van der Waals surface area contributed by atoms with Crippen molar-refractivity contribution >= 4 is 72.0 Å². The number of carbonyl (C=O) groups excluding carboxylic acids is 1. The molecular formula is C80H76N2O3. The van der Waals surface area contributed by atoms with Gasteiger partial charge in [0.15, 0.2) is 0 Å². The molecule has 0 unspecified atom stereocenters. The zero-order valence-electron chi connectivity index (χ0n) is 50.7. The third-order valence-electron chi connectivity index (χ3n) is 20.4. The van der Waals surface area contributed by atoms with Gasteiger partial charge in [-0.25, -0.2) is 0 Å². The minimum Gasteiger partial charge on any atom is -0.480 e. The van der Waals surface area contributed by atoms with Crippen molar-refractivity contribution in [3.63, 3.8) is 0 Å². The van der Waals surface area contributed by atoms with E-state index in [1.165, 1.54) is 149 Å². The van der Waals surface area contributed by atoms with Gasteiger partial charge in [-0.2, -0.15) is 0 Å². The van der Waals surface area contributed by atoms with Crippen LogP contribution >= 0.6 is 0 Å². The molecule has 5 nitrogen and oxygen atoms in total. The molecule has 0 spiro atoms. The minimum absolute atomic E-state index is 0.158. The smallest absolute Gasteiger partial charge is 0.323 e. The van der Waals surface area contributed by atoms with Crippen LogP contribution in [0.4, 0.5) is 17.1 Å². The SMILES string of the molecule is CCCCCCC1(CCCCCC)c2cc(-c3ccc4c5ccc(C(=O)N(C)CC(=O)O)c6c(C)ccc(c7cccc3c74)c65)ccc2-c2ccc(N(c3ccc4c(c3)C(C)(C)c3ccccc3-4)c3ccc4c(c3)C(C)(C)c3ccccc3-4)cc21. The normalized spacial score (nSPS) is 14.6. The van der Waals surface area contributed by atoms with Gasteiger partial charge in [-0.1, -0.05) is 220 Å². The summed E-state index contributed by atoms with van der Waals surface area (Å²) in [5.74, 6) is -1.33. The predicted octanol–water partition coefficient (Wildman–Crippen LogP) is 21.2. The van der Waals surface area contributed by atoms with Crippen LogP contribution in [0, 0.1) is 6.92 Å². The van der Waals surface area contributed by atoms with Crippen LogP contribution in [0.15, 0.2) is 176 Å². The third kappa shape index (κ3) is 8.38. The Labute approximate surface area is 501 Å². The maximum atomic E-state index is 14.0. The highest BCUT2D eigenvalue weighted by Gasteiger charge is 2.44. The standard InChI is InChI=1S/C80H76N2O3/c1-9-11-13-19-42-80(43-20-14-12-10-2)71-44-50(54-38-39-63-65-40-41-66(77(85)81(8)48-73(83)84)74-49(3)28-33-64(76(65)74)62-25-21-24-61(54)75(62)63)29-34-59(71)60-37-32-53(47-72(60)80)82(51-30-35-57-55-22-15-17-26-67(55)78(4,5)69(57)45-51)52-31-36-58-56-23-16-18-27-68(56)79(6,7)70(58)46-52/h15-18,21-41,44-47H,9-14,19-20,42-43,48H2,1-8H3,(H,83,84). The van der Waals surface area contributed by atoms with E-state index in [1.54, 1.807) is 7.05 Å². The highest BCUT2D eigenvalue weighted by molar-refractivity contribution is 6.36. The van der Waals surface area contributed by atoms with Gasteiger partial charge in [0.1, 0.15) is 6.54 Å². The molecule has 0 bridgehead atoms. The molecule has 0 aliphatic heterocycles. The van der Waals surface area contributed by atoms with E-state index in [0.717, 1.165) is 63.6 Å². The van der Waals surface area contributed by atoms with Gasteiger partial charge in [0, 0.05) is 45.9 Å². The number of benzene rings is 11. The van der Waals surface area contributed by atoms with Crippen molar-refractivity contribution in [2.45, 2.75) is 129 Å². The third-order valence-corrected chi connectivity index (χ3v) is 20.4. The van der Waals surface area contributed by atoms with Gasteiger partial charge >= 0.3 is 5.97 Å². The summed E-state index contributed by atoms with van der Waals surface area (Å²) in [6.07, 6.45) is 11.8. The molecule has 3 aliphatic carbocycles. The molecule has 5 heteroatoms. The van der Waals surface area contributed by atoms with Gasteiger partial charge in [0.05, 0.1) is 0 Å². The zero-order valence-corrected chi connectivity index (χ0v) is 50.7. The maximum absolute atomic E-state index is 14.0. The van der Waals surface area contributed by atoms with Crippen LogP contribution in [0.5, 0.6) is 0 Å². The molecule has 85 heavy (non-hydrogen) atoms. The van der Waals surface area contributed by atoms with Gasteiger partial charge in [0.2, 0.25) is 0 Å². The predicted molar refractivity (Wildman–Crippen MR) is 356 cm³/mol. The van der Waals surface area contributed by atoms with E-state index >= 15 is 0 Å². The number of amides is 1. The Morgan fingerprint density at radius 1 is 0.424 bits per heavy atom. The Bertz CT molecular complexity index is 4400. The molecule has 14 rings (SSSR count). The molecule has 1 N–H and O–H groups in total. The Morgan fingerprint density at radius 2 is 0.882 bits per heavy atom. The summed E-state index contributed by atoms with van der Waals surface area (Å²) in [6, 6.07) is 67.2. The molecule has 0 radical (unpaired) electrons. The first-order chi connectivity index (χ1) is 41.2. The van der Waals surface area contributed by atoms with E-state index in [9.17, 15) is 14.7 Å². The van der Waals surface area contributed by atoms with Crippen molar-refractivity contribution in [3.8, 4) is 44.5 Å². The first-order valence-electron chi connectivity index (χ1n) is 31.3. The van der Waals surface area contributed by atoms with E-state index < -0.39 is 5.97 Å². The molecule has 0 heterocycles. The summed E-state index contributed by atoms with van der Waals surface area (Å²) in [6.45, 7) is 15.9. The largest absolute Gasteiger partial charge is 0.480 e. The first-order valence-corrected chi connectivity index (χ1v) is 31.3. The quantitative estimate of drug-likeness (QED) is 0.0561. The van der Waals surface area contributed by atoms with E-state index in [1.807, 2.05) is 6.07 Å². The summed E-state index contributed by atoms with van der Waals surface area (Å²) in [4.78, 5) is 29.6. The number of nitrogens with zero attached hydrogens (tertiary/aromatic N) is 2. The molecule has 0 saturated heterocycles. The lowest BCUT2D eigenvalue weighted by atomic mass is 9.70. The van der Waals surface area contributed by atoms with E-state index in [-0.39, 0.29) is 28.7 Å². The number of carbonyl (C=O) groups is 2. The summed E-state index contributed by atoms with van der Waals surface area (Å²) >= 11 is 0. The van der Waals surface area contributed by atoms with Gasteiger partial charge in [-0.05, 0) is 195 Å². The van der Waals surface area contributed by atoms with Crippen LogP contribution in [0.3, 0.4) is 0 Å². The molecule has 424 valence electrons. The average Bonchev–Trinajstić information content (AvgIpc) is 1.75. The monoisotopic (exact) mass is 1110 g/mol. The van der Waals surface area contributed by atoms with Crippen molar-refractivity contribution in [2.24, 2.45) is 0 Å². The number of hydrogen-bond acceptors (Lipinski definition) is 3. The number of unbranched alkanes of at least 4 members (excludes halogenated alkanes) is 6. The fourth-order valence-electron chi connectivity index (χ4n) is 16.2. The van der Waals surface area contributed by atoms with Gasteiger partial charge in [-0.15, -0.1) is 0 Å². The van der Waals surface area contributed by atoms with Gasteiger partial charge < -0.3 is 14.9 Å². The molecule has 0 fully saturated rings. The van der Waals surface area contributed by atoms with Crippen LogP contribution in [-0.2, 0) is 21.0 Å². The van der Waals surface area contributed by atoms with E-state index in [4.69, 9.17) is 0 Å². The highest BCUT2D eigenvalue weighted by Crippen LogP contribution is 2.59. The van der Waals surface area contributed by atoms with Crippen LogP contribution < -0.4 is 4.90 Å². The number of anilines is 3. The topological polar surface area (TPSA) is 60.9 Å². The molecule has 0 atom stereocenters. The molecule has 0 aromatic heterocycles. The van der Waals surface area contributed by atoms with Crippen LogP contribution in [0.25, 0.3) is 87.6 Å².